The molecule has 0 heterocycles. The van der Waals surface area contributed by atoms with Gasteiger partial charge in [-0.1, -0.05) is 0 Å². The first-order valence-electron chi connectivity index (χ1n) is 0.698. The van der Waals surface area contributed by atoms with Crippen LogP contribution >= 0.6 is 0 Å². The number of hydrogen-bond donors (Lipinski definition) is 2. The Kier molecular flexibility index (Phi) is 2.29. The molecule has 4 nitrogen and oxygen atoms in total. The Morgan fingerprint density at radius 1 is 1.80 bits per heavy atom. The van der Waals surface area contributed by atoms with Gasteiger partial charge in [-0.15, -0.1) is 4.33 Å². The van der Waals surface area contributed by atoms with Crippen molar-refractivity contribution in [1.29, 1.82) is 0 Å². The SMILES string of the molecule is O=S(O)OO. The molecule has 0 amide bonds. The molecule has 5 heavy (non-hydrogen) atoms. The molecule has 0 aliphatic carbocycles. The summed E-state index contributed by atoms with van der Waals surface area (Å²) in [6.07, 6.45) is 0. The monoisotopic (exact) mass is 98.0 g/mol. The van der Waals surface area contributed by atoms with Crippen molar-refractivity contribution in [3.8, 4) is 0 Å². The third kappa shape index (κ3) is 4.03. The highest BCUT2D eigenvalue weighted by atomic mass is 32.2. The van der Waals surface area contributed by atoms with Gasteiger partial charge in [0.15, 0.2) is 0 Å². The first-order valence-corrected chi connectivity index (χ1v) is 1.73. The van der Waals surface area contributed by atoms with Crippen LogP contribution in [0, 0.1) is 0 Å². The van der Waals surface area contributed by atoms with E-state index in [1.807, 2.05) is 0 Å². The lowest BCUT2D eigenvalue weighted by Crippen LogP contribution is -1.85. The molecule has 0 aliphatic heterocycles. The molecule has 0 saturated heterocycles. The van der Waals surface area contributed by atoms with Crippen molar-refractivity contribution in [2.75, 3.05) is 0 Å². The fourth-order valence-electron chi connectivity index (χ4n) is 0. The Morgan fingerprint density at radius 2 is 2.00 bits per heavy atom. The Hall–Kier alpha value is 0.0300. The summed E-state index contributed by atoms with van der Waals surface area (Å²) >= 11 is -2.52. The lowest BCUT2D eigenvalue weighted by molar-refractivity contribution is -0.131. The van der Waals surface area contributed by atoms with Crippen LogP contribution < -0.4 is 0 Å². The molecule has 1 atom stereocenters. The van der Waals surface area contributed by atoms with Crippen molar-refractivity contribution >= 4 is 11.4 Å². The first-order chi connectivity index (χ1) is 2.27. The van der Waals surface area contributed by atoms with Crippen molar-refractivity contribution in [3.63, 3.8) is 0 Å². The second kappa shape index (κ2) is 2.28. The average Bonchev–Trinajstić information content (AvgIpc) is 1.38. The van der Waals surface area contributed by atoms with Gasteiger partial charge < -0.3 is 0 Å². The molecule has 0 radical (unpaired) electrons. The quantitative estimate of drug-likeness (QED) is 0.266. The largest absolute Gasteiger partial charge is 0.330 e. The maximum atomic E-state index is 9.01. The molecule has 0 aliphatic rings. The van der Waals surface area contributed by atoms with Gasteiger partial charge in [0.2, 0.25) is 0 Å². The molecule has 32 valence electrons. The summed E-state index contributed by atoms with van der Waals surface area (Å²) in [4.78, 5) is 0. The van der Waals surface area contributed by atoms with E-state index >= 15 is 0 Å². The van der Waals surface area contributed by atoms with Gasteiger partial charge in [0.1, 0.15) is 0 Å². The summed E-state index contributed by atoms with van der Waals surface area (Å²) in [7, 11) is 0. The fraction of sp³-hybridized carbons (Fsp3) is 0. The molecule has 0 aromatic rings. The van der Waals surface area contributed by atoms with E-state index in [0.29, 0.717) is 0 Å². The van der Waals surface area contributed by atoms with Crippen LogP contribution in [0.5, 0.6) is 0 Å². The molecule has 0 rings (SSSR count). The van der Waals surface area contributed by atoms with Gasteiger partial charge in [0.05, 0.1) is 0 Å². The van der Waals surface area contributed by atoms with Gasteiger partial charge in [-0.2, -0.15) is 4.21 Å². The molecule has 0 aromatic carbocycles. The summed E-state index contributed by atoms with van der Waals surface area (Å²) in [6, 6.07) is 0. The predicted octanol–water partition coefficient (Wildman–Crippen LogP) is -0.387. The van der Waals surface area contributed by atoms with Crippen LogP contribution in [-0.4, -0.2) is 14.0 Å². The van der Waals surface area contributed by atoms with E-state index in [2.05, 4.69) is 4.33 Å². The number of rotatable bonds is 1. The number of hydrogen-bond acceptors (Lipinski definition) is 3. The Labute approximate surface area is 30.8 Å². The van der Waals surface area contributed by atoms with E-state index in [9.17, 15) is 0 Å². The fourth-order valence-corrected chi connectivity index (χ4v) is 0. The van der Waals surface area contributed by atoms with E-state index in [0.717, 1.165) is 0 Å². The minimum absolute atomic E-state index is 2.52. The van der Waals surface area contributed by atoms with Crippen LogP contribution in [0.1, 0.15) is 0 Å². The van der Waals surface area contributed by atoms with Crippen molar-refractivity contribution in [3.05, 3.63) is 0 Å². The summed E-state index contributed by atoms with van der Waals surface area (Å²) in [5.41, 5.74) is 0. The zero-order valence-electron chi connectivity index (χ0n) is 2.12. The van der Waals surface area contributed by atoms with Crippen LogP contribution in [0.25, 0.3) is 0 Å². The lowest BCUT2D eigenvalue weighted by Gasteiger charge is -1.73. The molecule has 2 N–H and O–H groups in total. The molecular formula is H2O4S. The molecule has 1 unspecified atom stereocenters. The van der Waals surface area contributed by atoms with Crippen LogP contribution in [0.3, 0.4) is 0 Å². The Balaban J connectivity index is 2.85. The van der Waals surface area contributed by atoms with E-state index in [1.54, 1.807) is 0 Å². The second-order valence-corrected chi connectivity index (χ2v) is 0.875. The predicted molar refractivity (Wildman–Crippen MR) is 14.5 cm³/mol. The molecule has 0 aromatic heterocycles. The lowest BCUT2D eigenvalue weighted by atomic mass is 15.0. The standard InChI is InChI=1S/H2O4S/c1-4-5(2)3/h1H,(H,2,3). The highest BCUT2D eigenvalue weighted by Gasteiger charge is 1.78. The zero-order chi connectivity index (χ0) is 4.28. The van der Waals surface area contributed by atoms with Crippen LogP contribution in [0.4, 0.5) is 0 Å². The van der Waals surface area contributed by atoms with Gasteiger partial charge in [-0.05, 0) is 0 Å². The van der Waals surface area contributed by atoms with Gasteiger partial charge in [-0.3, -0.25) is 4.55 Å². The molecule has 0 saturated carbocycles. The van der Waals surface area contributed by atoms with Crippen LogP contribution in [0.2, 0.25) is 0 Å². The van der Waals surface area contributed by atoms with Crippen LogP contribution in [-0.2, 0) is 15.7 Å². The normalized spacial score (nSPS) is 14.8. The van der Waals surface area contributed by atoms with Crippen molar-refractivity contribution in [2.24, 2.45) is 0 Å². The maximum absolute atomic E-state index is 9.01. The van der Waals surface area contributed by atoms with E-state index in [-0.39, 0.29) is 0 Å². The summed E-state index contributed by atoms with van der Waals surface area (Å²) in [5.74, 6) is 0. The molecule has 0 bridgehead atoms. The smallest absolute Gasteiger partial charge is 0.282 e. The minimum Gasteiger partial charge on any atom is -0.282 e. The average molecular weight is 98.1 g/mol. The van der Waals surface area contributed by atoms with Crippen molar-refractivity contribution in [2.45, 2.75) is 0 Å². The third-order valence-corrected chi connectivity index (χ3v) is 0.191. The summed E-state index contributed by atoms with van der Waals surface area (Å²) in [6.45, 7) is 0. The molecule has 0 spiro atoms. The van der Waals surface area contributed by atoms with E-state index in [4.69, 9.17) is 14.0 Å². The topological polar surface area (TPSA) is 66.8 Å². The minimum atomic E-state index is -2.52. The van der Waals surface area contributed by atoms with Gasteiger partial charge in [-0.25, -0.2) is 5.26 Å². The van der Waals surface area contributed by atoms with Gasteiger partial charge in [0.25, 0.3) is 0 Å². The Morgan fingerprint density at radius 3 is 2.00 bits per heavy atom. The molecule has 0 fully saturated rings. The van der Waals surface area contributed by atoms with Gasteiger partial charge >= 0.3 is 11.4 Å². The zero-order valence-corrected chi connectivity index (χ0v) is 2.94. The van der Waals surface area contributed by atoms with Crippen molar-refractivity contribution in [1.82, 2.24) is 0 Å². The summed E-state index contributed by atoms with van der Waals surface area (Å²) < 4.78 is 19.1. The highest BCUT2D eigenvalue weighted by molar-refractivity contribution is 7.74. The maximum Gasteiger partial charge on any atom is 0.330 e. The van der Waals surface area contributed by atoms with Crippen LogP contribution in [0.15, 0.2) is 0 Å². The molecular weight excluding hydrogens is 96.1 g/mol. The Bertz CT molecular complexity index is 38.9. The third-order valence-electron chi connectivity index (χ3n) is 0.0638. The van der Waals surface area contributed by atoms with E-state index < -0.39 is 11.4 Å². The van der Waals surface area contributed by atoms with E-state index in [1.165, 1.54) is 0 Å². The van der Waals surface area contributed by atoms with Gasteiger partial charge in [0, 0.05) is 0 Å². The summed E-state index contributed by atoms with van der Waals surface area (Å²) in [5, 5.41) is 7.09. The first kappa shape index (κ1) is 5.03. The van der Waals surface area contributed by atoms with Crippen molar-refractivity contribution < 1.29 is 18.4 Å². The molecule has 5 heteroatoms. The second-order valence-electron chi connectivity index (χ2n) is 0.292. The highest BCUT2D eigenvalue weighted by Crippen LogP contribution is 1.63.